The van der Waals surface area contributed by atoms with Crippen LogP contribution < -0.4 is 10.6 Å². The molecular weight excluding hydrogens is 174 g/mol. The van der Waals surface area contributed by atoms with Crippen molar-refractivity contribution in [3.63, 3.8) is 0 Å². The lowest BCUT2D eigenvalue weighted by atomic mass is 10.1. The highest BCUT2D eigenvalue weighted by atomic mass is 15.1. The lowest BCUT2D eigenvalue weighted by Gasteiger charge is -2.27. The quantitative estimate of drug-likeness (QED) is 0.685. The van der Waals surface area contributed by atoms with Crippen molar-refractivity contribution in [2.75, 3.05) is 23.7 Å². The number of rotatable bonds is 1. The molecule has 74 valence electrons. The van der Waals surface area contributed by atoms with Crippen LogP contribution in [0.3, 0.4) is 0 Å². The Kier molecular flexibility index (Phi) is 2.39. The molecule has 1 aliphatic heterocycles. The normalized spacial score (nSPS) is 16.6. The van der Waals surface area contributed by atoms with Gasteiger partial charge in [0.2, 0.25) is 0 Å². The smallest absolute Gasteiger partial charge is 0.125 e. The SMILES string of the molecule is CC1=CCN(c2ccnc(N)c2)CC1. The third-order valence-electron chi connectivity index (χ3n) is 2.57. The molecule has 2 rings (SSSR count). The molecule has 0 saturated heterocycles. The molecule has 0 saturated carbocycles. The molecular formula is C11H15N3. The first-order valence-electron chi connectivity index (χ1n) is 4.88. The first-order chi connectivity index (χ1) is 6.75. The van der Waals surface area contributed by atoms with E-state index >= 15 is 0 Å². The molecule has 0 aromatic carbocycles. The minimum atomic E-state index is 0.591. The summed E-state index contributed by atoms with van der Waals surface area (Å²) in [6, 6.07) is 3.93. The van der Waals surface area contributed by atoms with Crippen LogP contribution in [0.25, 0.3) is 0 Å². The average Bonchev–Trinajstić information content (AvgIpc) is 2.19. The lowest BCUT2D eigenvalue weighted by Crippen LogP contribution is -2.28. The molecule has 2 heterocycles. The van der Waals surface area contributed by atoms with Crippen LogP contribution >= 0.6 is 0 Å². The van der Waals surface area contributed by atoms with Crippen LogP contribution in [0.2, 0.25) is 0 Å². The minimum absolute atomic E-state index is 0.591. The highest BCUT2D eigenvalue weighted by molar-refractivity contribution is 5.53. The fourth-order valence-electron chi connectivity index (χ4n) is 1.64. The lowest BCUT2D eigenvalue weighted by molar-refractivity contribution is 0.787. The van der Waals surface area contributed by atoms with E-state index in [9.17, 15) is 0 Å². The number of hydrogen-bond acceptors (Lipinski definition) is 3. The Bertz CT molecular complexity index is 357. The van der Waals surface area contributed by atoms with E-state index in [1.54, 1.807) is 6.20 Å². The van der Waals surface area contributed by atoms with Crippen LogP contribution in [0.1, 0.15) is 13.3 Å². The Labute approximate surface area is 84.2 Å². The van der Waals surface area contributed by atoms with Gasteiger partial charge in [0.1, 0.15) is 5.82 Å². The van der Waals surface area contributed by atoms with Crippen molar-refractivity contribution in [2.24, 2.45) is 0 Å². The highest BCUT2D eigenvalue weighted by Crippen LogP contribution is 2.19. The maximum Gasteiger partial charge on any atom is 0.125 e. The first-order valence-corrected chi connectivity index (χ1v) is 4.88. The molecule has 0 fully saturated rings. The molecule has 0 atom stereocenters. The molecule has 1 aliphatic rings. The van der Waals surface area contributed by atoms with Gasteiger partial charge in [-0.3, -0.25) is 0 Å². The maximum absolute atomic E-state index is 5.64. The van der Waals surface area contributed by atoms with E-state index in [1.165, 1.54) is 11.3 Å². The van der Waals surface area contributed by atoms with E-state index in [2.05, 4.69) is 22.9 Å². The van der Waals surface area contributed by atoms with Gasteiger partial charge in [-0.1, -0.05) is 11.6 Å². The summed E-state index contributed by atoms with van der Waals surface area (Å²) in [5.74, 6) is 0.591. The van der Waals surface area contributed by atoms with Crippen LogP contribution in [0.5, 0.6) is 0 Å². The number of aromatic nitrogens is 1. The number of anilines is 2. The van der Waals surface area contributed by atoms with Crippen molar-refractivity contribution in [1.82, 2.24) is 4.98 Å². The van der Waals surface area contributed by atoms with Crippen molar-refractivity contribution < 1.29 is 0 Å². The fraction of sp³-hybridized carbons (Fsp3) is 0.364. The second-order valence-corrected chi connectivity index (χ2v) is 3.69. The average molecular weight is 189 g/mol. The Morgan fingerprint density at radius 3 is 3.00 bits per heavy atom. The van der Waals surface area contributed by atoms with Gasteiger partial charge in [-0.05, 0) is 19.4 Å². The molecule has 3 nitrogen and oxygen atoms in total. The summed E-state index contributed by atoms with van der Waals surface area (Å²) in [4.78, 5) is 6.30. The number of nitrogen functional groups attached to an aromatic ring is 1. The van der Waals surface area contributed by atoms with Gasteiger partial charge >= 0.3 is 0 Å². The first kappa shape index (κ1) is 9.06. The van der Waals surface area contributed by atoms with Gasteiger partial charge in [-0.15, -0.1) is 0 Å². The second kappa shape index (κ2) is 3.70. The third-order valence-corrected chi connectivity index (χ3v) is 2.57. The maximum atomic E-state index is 5.64. The predicted octanol–water partition coefficient (Wildman–Crippen LogP) is 1.82. The van der Waals surface area contributed by atoms with Gasteiger partial charge < -0.3 is 10.6 Å². The summed E-state index contributed by atoms with van der Waals surface area (Å²) in [5, 5.41) is 0. The van der Waals surface area contributed by atoms with E-state index < -0.39 is 0 Å². The Morgan fingerprint density at radius 1 is 1.50 bits per heavy atom. The minimum Gasteiger partial charge on any atom is -0.384 e. The van der Waals surface area contributed by atoms with Gasteiger partial charge in [-0.25, -0.2) is 4.98 Å². The number of pyridine rings is 1. The molecule has 1 aromatic heterocycles. The molecule has 0 amide bonds. The van der Waals surface area contributed by atoms with Gasteiger partial charge in [0.25, 0.3) is 0 Å². The molecule has 14 heavy (non-hydrogen) atoms. The van der Waals surface area contributed by atoms with Crippen molar-refractivity contribution in [1.29, 1.82) is 0 Å². The summed E-state index contributed by atoms with van der Waals surface area (Å²) in [6.07, 6.45) is 5.16. The zero-order chi connectivity index (χ0) is 9.97. The molecule has 0 radical (unpaired) electrons. The zero-order valence-corrected chi connectivity index (χ0v) is 8.40. The van der Waals surface area contributed by atoms with Crippen LogP contribution in [0, 0.1) is 0 Å². The zero-order valence-electron chi connectivity index (χ0n) is 8.40. The number of nitrogens with two attached hydrogens (primary N) is 1. The molecule has 0 unspecified atom stereocenters. The Hall–Kier alpha value is -1.51. The van der Waals surface area contributed by atoms with Gasteiger partial charge in [0.15, 0.2) is 0 Å². The topological polar surface area (TPSA) is 42.2 Å². The van der Waals surface area contributed by atoms with E-state index in [-0.39, 0.29) is 0 Å². The van der Waals surface area contributed by atoms with E-state index in [0.717, 1.165) is 19.5 Å². The standard InChI is InChI=1S/C11H15N3/c1-9-3-6-14(7-4-9)10-2-5-13-11(12)8-10/h2-3,5,8H,4,6-7H2,1H3,(H2,12,13). The van der Waals surface area contributed by atoms with Crippen molar-refractivity contribution in [3.05, 3.63) is 30.0 Å². The van der Waals surface area contributed by atoms with Crippen molar-refractivity contribution in [2.45, 2.75) is 13.3 Å². The monoisotopic (exact) mass is 189 g/mol. The van der Waals surface area contributed by atoms with E-state index in [1.807, 2.05) is 12.1 Å². The summed E-state index contributed by atoms with van der Waals surface area (Å²) in [5.41, 5.74) is 8.28. The summed E-state index contributed by atoms with van der Waals surface area (Å²) in [7, 11) is 0. The predicted molar refractivity (Wildman–Crippen MR) is 59.2 cm³/mol. The Morgan fingerprint density at radius 2 is 2.36 bits per heavy atom. The Balaban J connectivity index is 2.16. The third kappa shape index (κ3) is 1.87. The van der Waals surface area contributed by atoms with Crippen LogP contribution in [0.15, 0.2) is 30.0 Å². The van der Waals surface area contributed by atoms with Gasteiger partial charge in [0, 0.05) is 31.0 Å². The second-order valence-electron chi connectivity index (χ2n) is 3.69. The highest BCUT2D eigenvalue weighted by Gasteiger charge is 2.09. The summed E-state index contributed by atoms with van der Waals surface area (Å²) < 4.78 is 0. The summed E-state index contributed by atoms with van der Waals surface area (Å²) >= 11 is 0. The van der Waals surface area contributed by atoms with Crippen LogP contribution in [-0.2, 0) is 0 Å². The molecule has 2 N–H and O–H groups in total. The van der Waals surface area contributed by atoms with E-state index in [0.29, 0.717) is 5.82 Å². The summed E-state index contributed by atoms with van der Waals surface area (Å²) in [6.45, 7) is 4.24. The molecule has 0 aliphatic carbocycles. The molecule has 3 heteroatoms. The van der Waals surface area contributed by atoms with Crippen LogP contribution in [0.4, 0.5) is 11.5 Å². The van der Waals surface area contributed by atoms with Crippen molar-refractivity contribution >= 4 is 11.5 Å². The van der Waals surface area contributed by atoms with E-state index in [4.69, 9.17) is 5.73 Å². The van der Waals surface area contributed by atoms with Crippen LogP contribution in [-0.4, -0.2) is 18.1 Å². The fourth-order valence-corrected chi connectivity index (χ4v) is 1.64. The molecule has 0 bridgehead atoms. The molecule has 1 aromatic rings. The largest absolute Gasteiger partial charge is 0.384 e. The van der Waals surface area contributed by atoms with Crippen molar-refractivity contribution in [3.8, 4) is 0 Å². The van der Waals surface area contributed by atoms with Gasteiger partial charge in [-0.2, -0.15) is 0 Å². The van der Waals surface area contributed by atoms with Gasteiger partial charge in [0.05, 0.1) is 0 Å². The molecule has 0 spiro atoms. The number of nitrogens with zero attached hydrogens (tertiary/aromatic N) is 2. The number of hydrogen-bond donors (Lipinski definition) is 1.